The van der Waals surface area contributed by atoms with E-state index in [4.69, 9.17) is 10.5 Å². The second kappa shape index (κ2) is 5.53. The standard InChI is InChI=1S/C14H15F3N2O3/c1-3-22-12(20)13(18,14(15,16)17)10-7-19-11-5-4-8(21-2)6-9(10)11/h4-7,19H,3,18H2,1-2H3. The first-order valence-corrected chi connectivity index (χ1v) is 6.44. The van der Waals surface area contributed by atoms with Crippen molar-refractivity contribution in [2.24, 2.45) is 5.73 Å². The molecular weight excluding hydrogens is 301 g/mol. The van der Waals surface area contributed by atoms with E-state index in [9.17, 15) is 18.0 Å². The fourth-order valence-corrected chi connectivity index (χ4v) is 2.18. The average Bonchev–Trinajstić information content (AvgIpc) is 2.88. The molecule has 1 aromatic heterocycles. The fourth-order valence-electron chi connectivity index (χ4n) is 2.18. The fraction of sp³-hybridized carbons (Fsp3) is 0.357. The normalized spacial score (nSPS) is 14.6. The molecule has 22 heavy (non-hydrogen) atoms. The SMILES string of the molecule is CCOC(=O)C(N)(c1c[nH]c2ccc(OC)cc12)C(F)(F)F. The Balaban J connectivity index is 2.69. The maximum absolute atomic E-state index is 13.5. The molecule has 1 aromatic carbocycles. The molecule has 5 nitrogen and oxygen atoms in total. The molecule has 2 aromatic rings. The highest BCUT2D eigenvalue weighted by Gasteiger charge is 2.61. The summed E-state index contributed by atoms with van der Waals surface area (Å²) in [6.45, 7) is 1.20. The quantitative estimate of drug-likeness (QED) is 0.850. The Morgan fingerprint density at radius 2 is 2.05 bits per heavy atom. The van der Waals surface area contributed by atoms with Crippen molar-refractivity contribution in [2.45, 2.75) is 18.6 Å². The van der Waals surface area contributed by atoms with E-state index in [2.05, 4.69) is 9.72 Å². The van der Waals surface area contributed by atoms with Gasteiger partial charge in [0.1, 0.15) is 5.75 Å². The van der Waals surface area contributed by atoms with Gasteiger partial charge in [0.15, 0.2) is 0 Å². The second-order valence-corrected chi connectivity index (χ2v) is 4.64. The summed E-state index contributed by atoms with van der Waals surface area (Å²) in [7, 11) is 1.39. The molecule has 3 N–H and O–H groups in total. The molecule has 0 amide bonds. The highest BCUT2D eigenvalue weighted by atomic mass is 19.4. The van der Waals surface area contributed by atoms with Crippen LogP contribution in [0.15, 0.2) is 24.4 Å². The topological polar surface area (TPSA) is 77.3 Å². The van der Waals surface area contributed by atoms with Crippen LogP contribution in [0.5, 0.6) is 5.75 Å². The lowest BCUT2D eigenvalue weighted by Crippen LogP contribution is -2.57. The van der Waals surface area contributed by atoms with E-state index >= 15 is 0 Å². The van der Waals surface area contributed by atoms with E-state index in [1.807, 2.05) is 0 Å². The smallest absolute Gasteiger partial charge is 0.421 e. The minimum atomic E-state index is -5.02. The molecule has 1 atom stereocenters. The van der Waals surface area contributed by atoms with Crippen molar-refractivity contribution in [1.82, 2.24) is 4.98 Å². The van der Waals surface area contributed by atoms with E-state index in [0.717, 1.165) is 6.20 Å². The maximum atomic E-state index is 13.5. The number of hydrogen-bond donors (Lipinski definition) is 2. The number of aromatic amines is 1. The van der Waals surface area contributed by atoms with Crippen LogP contribution in [0.1, 0.15) is 12.5 Å². The number of esters is 1. The van der Waals surface area contributed by atoms with Crippen molar-refractivity contribution in [3.63, 3.8) is 0 Å². The van der Waals surface area contributed by atoms with Gasteiger partial charge in [-0.1, -0.05) is 0 Å². The zero-order valence-corrected chi connectivity index (χ0v) is 12.0. The Morgan fingerprint density at radius 1 is 1.36 bits per heavy atom. The number of hydrogen-bond acceptors (Lipinski definition) is 4. The molecule has 0 spiro atoms. The van der Waals surface area contributed by atoms with Crippen LogP contribution in [0.3, 0.4) is 0 Å². The molecule has 2 rings (SSSR count). The summed E-state index contributed by atoms with van der Waals surface area (Å²) in [5.74, 6) is -1.20. The van der Waals surface area contributed by atoms with E-state index in [1.54, 1.807) is 12.1 Å². The van der Waals surface area contributed by atoms with Crippen LogP contribution in [-0.2, 0) is 15.1 Å². The zero-order chi connectivity index (χ0) is 16.5. The minimum Gasteiger partial charge on any atom is -0.497 e. The first-order chi connectivity index (χ1) is 10.3. The molecule has 0 aliphatic heterocycles. The number of methoxy groups -OCH3 is 1. The van der Waals surface area contributed by atoms with Crippen LogP contribution >= 0.6 is 0 Å². The lowest BCUT2D eigenvalue weighted by Gasteiger charge is -2.29. The van der Waals surface area contributed by atoms with Gasteiger partial charge in [-0.15, -0.1) is 0 Å². The number of rotatable bonds is 4. The van der Waals surface area contributed by atoms with Crippen LogP contribution < -0.4 is 10.5 Å². The Kier molecular flexibility index (Phi) is 4.06. The van der Waals surface area contributed by atoms with E-state index in [-0.39, 0.29) is 12.0 Å². The Morgan fingerprint density at radius 3 is 2.59 bits per heavy atom. The van der Waals surface area contributed by atoms with Gasteiger partial charge in [0.05, 0.1) is 13.7 Å². The van der Waals surface area contributed by atoms with E-state index < -0.39 is 23.2 Å². The summed E-state index contributed by atoms with van der Waals surface area (Å²) in [5.41, 5.74) is 2.20. The molecule has 0 aliphatic carbocycles. The van der Waals surface area contributed by atoms with Gasteiger partial charge in [-0.25, -0.2) is 4.79 Å². The van der Waals surface area contributed by atoms with Crippen molar-refractivity contribution in [2.75, 3.05) is 13.7 Å². The van der Waals surface area contributed by atoms with Crippen LogP contribution in [0, 0.1) is 0 Å². The number of ether oxygens (including phenoxy) is 2. The number of nitrogens with one attached hydrogen (secondary N) is 1. The van der Waals surface area contributed by atoms with Crippen molar-refractivity contribution in [3.05, 3.63) is 30.0 Å². The monoisotopic (exact) mass is 316 g/mol. The van der Waals surface area contributed by atoms with Gasteiger partial charge in [0.25, 0.3) is 0 Å². The Hall–Kier alpha value is -2.22. The third kappa shape index (κ3) is 2.39. The first-order valence-electron chi connectivity index (χ1n) is 6.44. The number of H-pyrrole nitrogens is 1. The minimum absolute atomic E-state index is 0.146. The molecule has 0 saturated heterocycles. The van der Waals surface area contributed by atoms with Crippen LogP contribution in [0.2, 0.25) is 0 Å². The highest BCUT2D eigenvalue weighted by molar-refractivity contribution is 5.93. The van der Waals surface area contributed by atoms with Gasteiger partial charge < -0.3 is 20.2 Å². The number of benzene rings is 1. The van der Waals surface area contributed by atoms with Gasteiger partial charge in [0, 0.05) is 22.7 Å². The second-order valence-electron chi connectivity index (χ2n) is 4.64. The van der Waals surface area contributed by atoms with Crippen molar-refractivity contribution in [3.8, 4) is 5.75 Å². The first kappa shape index (κ1) is 16.2. The third-order valence-electron chi connectivity index (χ3n) is 3.36. The van der Waals surface area contributed by atoms with Gasteiger partial charge in [-0.3, -0.25) is 0 Å². The lowest BCUT2D eigenvalue weighted by atomic mass is 9.90. The predicted octanol–water partition coefficient (Wildman–Crippen LogP) is 2.46. The number of aromatic nitrogens is 1. The van der Waals surface area contributed by atoms with Crippen molar-refractivity contribution in [1.29, 1.82) is 0 Å². The van der Waals surface area contributed by atoms with Crippen molar-refractivity contribution < 1.29 is 27.4 Å². The summed E-state index contributed by atoms with van der Waals surface area (Å²) in [4.78, 5) is 14.6. The zero-order valence-electron chi connectivity index (χ0n) is 12.0. The van der Waals surface area contributed by atoms with Crippen molar-refractivity contribution >= 4 is 16.9 Å². The van der Waals surface area contributed by atoms with Crippen LogP contribution in [-0.4, -0.2) is 30.8 Å². The summed E-state index contributed by atoms with van der Waals surface area (Å²) >= 11 is 0. The Labute approximate surface area is 124 Å². The number of carbonyl (C=O) groups is 1. The van der Waals surface area contributed by atoms with Crippen LogP contribution in [0.25, 0.3) is 10.9 Å². The lowest BCUT2D eigenvalue weighted by molar-refractivity contribution is -0.208. The number of halogens is 3. The molecule has 8 heteroatoms. The number of fused-ring (bicyclic) bond motifs is 1. The Bertz CT molecular complexity index is 696. The van der Waals surface area contributed by atoms with Gasteiger partial charge in [-0.2, -0.15) is 13.2 Å². The largest absolute Gasteiger partial charge is 0.497 e. The summed E-state index contributed by atoms with van der Waals surface area (Å²) in [6.07, 6.45) is -3.95. The van der Waals surface area contributed by atoms with E-state index in [0.29, 0.717) is 11.3 Å². The molecule has 1 heterocycles. The molecular formula is C14H15F3N2O3. The highest BCUT2D eigenvalue weighted by Crippen LogP contribution is 2.41. The third-order valence-corrected chi connectivity index (χ3v) is 3.36. The maximum Gasteiger partial charge on any atom is 0.421 e. The molecule has 0 bridgehead atoms. The van der Waals surface area contributed by atoms with Gasteiger partial charge in [-0.05, 0) is 25.1 Å². The molecule has 0 aliphatic rings. The molecule has 1 unspecified atom stereocenters. The number of alkyl halides is 3. The summed E-state index contributed by atoms with van der Waals surface area (Å²) in [5, 5.41) is 0.146. The number of carbonyl (C=O) groups excluding carboxylic acids is 1. The van der Waals surface area contributed by atoms with Crippen LogP contribution in [0.4, 0.5) is 13.2 Å². The molecule has 120 valence electrons. The summed E-state index contributed by atoms with van der Waals surface area (Å²) in [6, 6.07) is 4.51. The molecule has 0 saturated carbocycles. The van der Waals surface area contributed by atoms with E-state index in [1.165, 1.54) is 20.1 Å². The molecule has 0 radical (unpaired) electrons. The number of nitrogens with two attached hydrogens (primary N) is 1. The molecule has 0 fully saturated rings. The van der Waals surface area contributed by atoms with Gasteiger partial charge in [0.2, 0.25) is 5.54 Å². The average molecular weight is 316 g/mol. The predicted molar refractivity (Wildman–Crippen MR) is 73.4 cm³/mol. The van der Waals surface area contributed by atoms with Gasteiger partial charge >= 0.3 is 12.1 Å². The summed E-state index contributed by atoms with van der Waals surface area (Å²) < 4.78 is 50.0.